The van der Waals surface area contributed by atoms with E-state index in [0.29, 0.717) is 0 Å². The molecule has 2 aliphatic rings. The lowest BCUT2D eigenvalue weighted by atomic mass is 10.1. The number of rotatable bonds is 5. The fraction of sp³-hybridized carbons (Fsp3) is 0.765. The smallest absolute Gasteiger partial charge is 0.381 e. The molecule has 2 aliphatic heterocycles. The van der Waals surface area contributed by atoms with Crippen LogP contribution in [0.15, 0.2) is 21.9 Å². The maximum absolute atomic E-state index is 12.1. The van der Waals surface area contributed by atoms with Gasteiger partial charge in [-0.2, -0.15) is 0 Å². The van der Waals surface area contributed by atoms with Gasteiger partial charge in [0.05, 0.1) is 0 Å². The lowest BCUT2D eigenvalue weighted by Crippen LogP contribution is -2.53. The van der Waals surface area contributed by atoms with Crippen molar-refractivity contribution >= 4 is 8.56 Å². The van der Waals surface area contributed by atoms with Gasteiger partial charge < -0.3 is 14.3 Å². The molecule has 27 heavy (non-hydrogen) atoms. The van der Waals surface area contributed by atoms with E-state index >= 15 is 0 Å². The second-order valence-corrected chi connectivity index (χ2v) is 11.2. The van der Waals surface area contributed by atoms with Gasteiger partial charge in [0.25, 0.3) is 5.56 Å². The average Bonchev–Trinajstić information content (AvgIpc) is 2.83. The van der Waals surface area contributed by atoms with Crippen LogP contribution in [0.4, 0.5) is 0 Å². The van der Waals surface area contributed by atoms with Gasteiger partial charge in [-0.1, -0.05) is 40.5 Å². The van der Waals surface area contributed by atoms with Crippen LogP contribution in [0, 0.1) is 0 Å². The van der Waals surface area contributed by atoms with E-state index in [0.717, 1.165) is 12.8 Å². The standard InChI is InChI=1S/C17H28N2O7Si/c1-5-10(3)27(11(4)6-2)25-15-12(9-23-26-27)24-16(14(15)21)19-8-7-13(20)18-17(19)22/h7-8,10-12,14-16,21H,5-6,9H2,1-4H3,(H,18,20,22)/t10?,11?,12-,14-,15-,16-,27?/m1/s1. The molecule has 0 aromatic carbocycles. The topological polar surface area (TPSA) is 112 Å². The zero-order valence-corrected chi connectivity index (χ0v) is 17.1. The number of nitrogens with one attached hydrogen (secondary N) is 1. The summed E-state index contributed by atoms with van der Waals surface area (Å²) in [5.41, 5.74) is -0.861. The van der Waals surface area contributed by atoms with E-state index in [9.17, 15) is 14.7 Å². The highest BCUT2D eigenvalue weighted by Gasteiger charge is 2.58. The van der Waals surface area contributed by atoms with Gasteiger partial charge in [-0.25, -0.2) is 9.68 Å². The number of aliphatic hydroxyl groups excluding tert-OH is 1. The van der Waals surface area contributed by atoms with Gasteiger partial charge in [0, 0.05) is 23.3 Å². The van der Waals surface area contributed by atoms with Crippen LogP contribution in [0.5, 0.6) is 0 Å². The molecule has 0 spiro atoms. The monoisotopic (exact) mass is 400 g/mol. The Bertz CT molecular complexity index is 756. The molecule has 10 heteroatoms. The molecule has 9 nitrogen and oxygen atoms in total. The first-order valence-electron chi connectivity index (χ1n) is 9.47. The van der Waals surface area contributed by atoms with Crippen molar-refractivity contribution in [2.24, 2.45) is 0 Å². The highest BCUT2D eigenvalue weighted by atomic mass is 28.4. The first kappa shape index (κ1) is 20.4. The first-order valence-corrected chi connectivity index (χ1v) is 11.4. The van der Waals surface area contributed by atoms with E-state index in [-0.39, 0.29) is 17.7 Å². The molecule has 3 heterocycles. The Balaban J connectivity index is 1.93. The molecule has 0 aliphatic carbocycles. The summed E-state index contributed by atoms with van der Waals surface area (Å²) in [7, 11) is -2.83. The number of aromatic nitrogens is 2. The van der Waals surface area contributed by atoms with Gasteiger partial charge in [0.15, 0.2) is 6.23 Å². The minimum Gasteiger partial charge on any atom is -0.386 e. The van der Waals surface area contributed by atoms with Gasteiger partial charge in [-0.15, -0.1) is 0 Å². The van der Waals surface area contributed by atoms with Gasteiger partial charge >= 0.3 is 14.3 Å². The van der Waals surface area contributed by atoms with Crippen molar-refractivity contribution in [1.29, 1.82) is 0 Å². The number of nitrogens with zero attached hydrogens (tertiary/aromatic N) is 1. The number of H-pyrrole nitrogens is 1. The Hall–Kier alpha value is -1.30. The minimum absolute atomic E-state index is 0.0952. The second-order valence-electron chi connectivity index (χ2n) is 7.36. The van der Waals surface area contributed by atoms with Crippen LogP contribution >= 0.6 is 0 Å². The molecule has 2 fully saturated rings. The second kappa shape index (κ2) is 7.98. The van der Waals surface area contributed by atoms with Gasteiger partial charge in [-0.05, 0) is 0 Å². The molecule has 0 bridgehead atoms. The van der Waals surface area contributed by atoms with Crippen LogP contribution in [-0.4, -0.2) is 48.1 Å². The van der Waals surface area contributed by atoms with Crippen molar-refractivity contribution in [2.75, 3.05) is 6.61 Å². The van der Waals surface area contributed by atoms with Crippen molar-refractivity contribution < 1.29 is 23.7 Å². The fourth-order valence-corrected chi connectivity index (χ4v) is 7.64. The maximum Gasteiger partial charge on any atom is 0.381 e. The molecule has 0 saturated carbocycles. The Morgan fingerprint density at radius 3 is 2.56 bits per heavy atom. The van der Waals surface area contributed by atoms with Crippen LogP contribution in [0.2, 0.25) is 11.1 Å². The highest BCUT2D eigenvalue weighted by molar-refractivity contribution is 6.70. The van der Waals surface area contributed by atoms with E-state index in [1.807, 2.05) is 0 Å². The molecule has 152 valence electrons. The third-order valence-corrected chi connectivity index (χ3v) is 10.4. The summed E-state index contributed by atoms with van der Waals surface area (Å²) >= 11 is 0. The van der Waals surface area contributed by atoms with E-state index < -0.39 is 44.3 Å². The summed E-state index contributed by atoms with van der Waals surface area (Å²) in [6, 6.07) is 1.21. The summed E-state index contributed by atoms with van der Waals surface area (Å²) in [5, 5.41) is 10.9. The quantitative estimate of drug-likeness (QED) is 0.564. The number of ether oxygens (including phenoxy) is 1. The third kappa shape index (κ3) is 3.57. The Morgan fingerprint density at radius 1 is 1.30 bits per heavy atom. The van der Waals surface area contributed by atoms with Crippen molar-refractivity contribution in [1.82, 2.24) is 9.55 Å². The van der Waals surface area contributed by atoms with Crippen LogP contribution < -0.4 is 11.2 Å². The van der Waals surface area contributed by atoms with Crippen molar-refractivity contribution in [3.8, 4) is 0 Å². The first-order chi connectivity index (χ1) is 12.8. The predicted octanol–water partition coefficient (Wildman–Crippen LogP) is 1.18. The summed E-state index contributed by atoms with van der Waals surface area (Å²) in [5.74, 6) is 0. The molecule has 3 rings (SSSR count). The van der Waals surface area contributed by atoms with Gasteiger partial charge in [-0.3, -0.25) is 18.9 Å². The van der Waals surface area contributed by atoms with E-state index in [2.05, 4.69) is 32.7 Å². The Labute approximate surface area is 158 Å². The number of fused-ring (bicyclic) bond motifs is 1. The summed E-state index contributed by atoms with van der Waals surface area (Å²) in [4.78, 5) is 31.1. The lowest BCUT2D eigenvalue weighted by Gasteiger charge is -2.39. The van der Waals surface area contributed by atoms with E-state index in [4.69, 9.17) is 18.6 Å². The molecular formula is C17H28N2O7Si. The van der Waals surface area contributed by atoms with E-state index in [1.54, 1.807) is 0 Å². The SMILES string of the molecule is CCC(C)[Si]1(C(C)CC)OOC[C@H]2O[C@@H](n3ccc(=O)[nH]c3=O)[C@H](O)[C@@H]2O1. The normalized spacial score (nSPS) is 36.0. The summed E-state index contributed by atoms with van der Waals surface area (Å²) in [6.45, 7) is 8.39. The minimum atomic E-state index is -2.83. The number of aliphatic hydroxyl groups is 1. The highest BCUT2D eigenvalue weighted by Crippen LogP contribution is 2.44. The van der Waals surface area contributed by atoms with Gasteiger partial charge in [0.2, 0.25) is 0 Å². The lowest BCUT2D eigenvalue weighted by molar-refractivity contribution is -0.242. The van der Waals surface area contributed by atoms with Crippen molar-refractivity contribution in [3.63, 3.8) is 0 Å². The zero-order valence-electron chi connectivity index (χ0n) is 16.1. The zero-order chi connectivity index (χ0) is 19.8. The maximum atomic E-state index is 12.1. The molecule has 0 amide bonds. The molecule has 6 atom stereocenters. The molecule has 2 unspecified atom stereocenters. The Morgan fingerprint density at radius 2 is 1.96 bits per heavy atom. The largest absolute Gasteiger partial charge is 0.386 e. The van der Waals surface area contributed by atoms with Crippen molar-refractivity contribution in [3.05, 3.63) is 33.1 Å². The number of hydrogen-bond acceptors (Lipinski definition) is 7. The predicted molar refractivity (Wildman–Crippen MR) is 98.3 cm³/mol. The van der Waals surface area contributed by atoms with Crippen LogP contribution in [-0.2, 0) is 18.6 Å². The van der Waals surface area contributed by atoms with Gasteiger partial charge in [0.1, 0.15) is 24.9 Å². The third-order valence-electron chi connectivity index (χ3n) is 5.78. The fourth-order valence-electron chi connectivity index (χ4n) is 3.73. The Kier molecular flexibility index (Phi) is 6.04. The molecule has 2 N–H and O–H groups in total. The molecule has 1 aromatic heterocycles. The summed E-state index contributed by atoms with van der Waals surface area (Å²) < 4.78 is 19.4. The number of aromatic amines is 1. The van der Waals surface area contributed by atoms with E-state index in [1.165, 1.54) is 16.8 Å². The molecular weight excluding hydrogens is 372 g/mol. The molecule has 2 saturated heterocycles. The molecule has 1 aromatic rings. The average molecular weight is 401 g/mol. The summed E-state index contributed by atoms with van der Waals surface area (Å²) in [6.07, 6.45) is -0.285. The number of hydrogen-bond donors (Lipinski definition) is 2. The van der Waals surface area contributed by atoms with Crippen LogP contribution in [0.1, 0.15) is 46.8 Å². The van der Waals surface area contributed by atoms with Crippen molar-refractivity contribution in [2.45, 2.75) is 76.2 Å². The van der Waals surface area contributed by atoms with Crippen LogP contribution in [0.25, 0.3) is 0 Å². The molecule has 0 radical (unpaired) electrons. The van der Waals surface area contributed by atoms with Crippen LogP contribution in [0.3, 0.4) is 0 Å².